The molecule has 8 nitrogen and oxygen atoms in total. The van der Waals surface area contributed by atoms with Crippen LogP contribution in [-0.4, -0.2) is 108 Å². The summed E-state index contributed by atoms with van der Waals surface area (Å²) in [5, 5.41) is 8.54. The molecule has 1 N–H and O–H groups in total. The van der Waals surface area contributed by atoms with Crippen molar-refractivity contribution < 1.29 is 27.2 Å². The zero-order valence-electron chi connectivity index (χ0n) is 13.3. The van der Waals surface area contributed by atoms with Crippen molar-refractivity contribution in [2.24, 2.45) is 0 Å². The van der Waals surface area contributed by atoms with Crippen LogP contribution in [0.4, 0.5) is 0 Å². The van der Waals surface area contributed by atoms with Gasteiger partial charge in [-0.1, -0.05) is 0 Å². The van der Waals surface area contributed by atoms with Crippen molar-refractivity contribution in [1.82, 2.24) is 9.80 Å². The highest BCUT2D eigenvalue weighted by molar-refractivity contribution is 7.85. The summed E-state index contributed by atoms with van der Waals surface area (Å²) >= 11 is 0. The average molecular weight is 340 g/mol. The van der Waals surface area contributed by atoms with E-state index >= 15 is 0 Å². The van der Waals surface area contributed by atoms with Crippen LogP contribution in [0.2, 0.25) is 0 Å². The number of rotatable bonds is 6. The minimum atomic E-state index is -3.28. The van der Waals surface area contributed by atoms with Crippen molar-refractivity contribution >= 4 is 10.1 Å². The lowest BCUT2D eigenvalue weighted by molar-refractivity contribution is 0.0306. The maximum Gasteiger partial charge on any atom is 0.264 e. The zero-order valence-corrected chi connectivity index (χ0v) is 14.1. The molecule has 0 aromatic heterocycles. The smallest absolute Gasteiger partial charge is 0.264 e. The zero-order chi connectivity index (χ0) is 16.3. The van der Waals surface area contributed by atoms with Gasteiger partial charge in [-0.15, -0.1) is 0 Å². The second-order valence-electron chi connectivity index (χ2n) is 5.16. The Morgan fingerprint density at radius 3 is 1.82 bits per heavy atom. The molecule has 22 heavy (non-hydrogen) atoms. The number of ether oxygens (including phenoxy) is 2. The molecule has 0 aromatic carbocycles. The first-order valence-electron chi connectivity index (χ1n) is 7.57. The van der Waals surface area contributed by atoms with E-state index in [4.69, 9.17) is 14.6 Å². The van der Waals surface area contributed by atoms with Crippen LogP contribution in [0.3, 0.4) is 0 Å². The van der Waals surface area contributed by atoms with E-state index in [1.165, 1.54) is 0 Å². The van der Waals surface area contributed by atoms with Gasteiger partial charge in [-0.2, -0.15) is 8.42 Å². The summed E-state index contributed by atoms with van der Waals surface area (Å²) in [7, 11) is -3.28. The Morgan fingerprint density at radius 2 is 1.41 bits per heavy atom. The molecule has 0 saturated carbocycles. The van der Waals surface area contributed by atoms with Crippen molar-refractivity contribution in [3.8, 4) is 0 Å². The first kappa shape index (κ1) is 19.8. The van der Waals surface area contributed by atoms with Crippen molar-refractivity contribution in [2.45, 2.75) is 0 Å². The molecule has 0 atom stereocenters. The molecular formula is C13H28N2O6S. The Labute approximate surface area is 133 Å². The van der Waals surface area contributed by atoms with Crippen LogP contribution in [0.15, 0.2) is 0 Å². The fourth-order valence-electron chi connectivity index (χ4n) is 2.11. The third kappa shape index (κ3) is 10.4. The predicted molar refractivity (Wildman–Crippen MR) is 82.4 cm³/mol. The number of hydrogen-bond donors (Lipinski definition) is 1. The van der Waals surface area contributed by atoms with Gasteiger partial charge in [-0.05, 0) is 0 Å². The molecule has 0 radical (unpaired) electrons. The van der Waals surface area contributed by atoms with Gasteiger partial charge in [0.25, 0.3) is 10.1 Å². The van der Waals surface area contributed by atoms with Crippen LogP contribution in [0.25, 0.3) is 0 Å². The van der Waals surface area contributed by atoms with Gasteiger partial charge in [0.05, 0.1) is 45.9 Å². The lowest BCUT2D eigenvalue weighted by atomic mass is 10.4. The second-order valence-corrected chi connectivity index (χ2v) is 6.80. The van der Waals surface area contributed by atoms with Crippen LogP contribution in [-0.2, 0) is 23.8 Å². The summed E-state index contributed by atoms with van der Waals surface area (Å²) in [6.45, 7) is 8.68. The van der Waals surface area contributed by atoms with E-state index in [-0.39, 0.29) is 13.2 Å². The van der Waals surface area contributed by atoms with Crippen molar-refractivity contribution in [3.63, 3.8) is 0 Å². The van der Waals surface area contributed by atoms with Gasteiger partial charge in [0.1, 0.15) is 0 Å². The molecule has 2 aliphatic rings. The van der Waals surface area contributed by atoms with E-state index in [1.54, 1.807) is 0 Å². The third-order valence-electron chi connectivity index (χ3n) is 3.33. The lowest BCUT2D eigenvalue weighted by Crippen LogP contribution is -2.38. The van der Waals surface area contributed by atoms with Gasteiger partial charge in [0.2, 0.25) is 0 Å². The molecular weight excluding hydrogens is 312 g/mol. The topological polar surface area (TPSA) is 88.5 Å². The number of aliphatic hydroxyl groups excluding tert-OH is 1. The molecule has 0 bridgehead atoms. The number of β-amino-alcohol motifs (C(OH)–C–C–N with tert-alkyl or cyclic N) is 1. The molecule has 2 rings (SSSR count). The van der Waals surface area contributed by atoms with Gasteiger partial charge in [0, 0.05) is 39.3 Å². The van der Waals surface area contributed by atoms with E-state index in [1.807, 2.05) is 0 Å². The Balaban J connectivity index is 0.000000235. The molecule has 2 fully saturated rings. The van der Waals surface area contributed by atoms with E-state index in [9.17, 15) is 8.42 Å². The molecule has 0 spiro atoms. The maximum atomic E-state index is 10.6. The lowest BCUT2D eigenvalue weighted by Gasteiger charge is -2.25. The van der Waals surface area contributed by atoms with E-state index < -0.39 is 10.1 Å². The van der Waals surface area contributed by atoms with E-state index in [0.29, 0.717) is 6.54 Å². The Bertz CT molecular complexity index is 364. The van der Waals surface area contributed by atoms with Gasteiger partial charge in [-0.3, -0.25) is 14.0 Å². The van der Waals surface area contributed by atoms with Gasteiger partial charge in [0.15, 0.2) is 0 Å². The molecule has 2 saturated heterocycles. The van der Waals surface area contributed by atoms with Crippen molar-refractivity contribution in [1.29, 1.82) is 0 Å². The molecule has 2 aliphatic heterocycles. The largest absolute Gasteiger partial charge is 0.395 e. The summed E-state index contributed by atoms with van der Waals surface area (Å²) in [6, 6.07) is 0. The average Bonchev–Trinajstić information content (AvgIpc) is 2.49. The fourth-order valence-corrected chi connectivity index (χ4v) is 2.49. The van der Waals surface area contributed by atoms with Crippen LogP contribution >= 0.6 is 0 Å². The van der Waals surface area contributed by atoms with Gasteiger partial charge in [-0.25, -0.2) is 0 Å². The quantitative estimate of drug-likeness (QED) is 0.591. The summed E-state index contributed by atoms with van der Waals surface area (Å²) in [5.41, 5.74) is 0. The molecule has 0 aromatic rings. The molecule has 132 valence electrons. The van der Waals surface area contributed by atoms with Crippen LogP contribution < -0.4 is 0 Å². The molecule has 0 unspecified atom stereocenters. The standard InChI is InChI=1S/C7H15NO4S.C6H13NO2/c1-13(9,10)12-7-4-8-2-5-11-6-3-8;8-4-1-7-2-5-9-6-3-7/h2-7H2,1H3;8H,1-6H2. The van der Waals surface area contributed by atoms with E-state index in [2.05, 4.69) is 14.0 Å². The first-order chi connectivity index (χ1) is 10.5. The Kier molecular flexibility index (Phi) is 10.1. The highest BCUT2D eigenvalue weighted by Gasteiger charge is 2.11. The first-order valence-corrected chi connectivity index (χ1v) is 9.38. The summed E-state index contributed by atoms with van der Waals surface area (Å²) in [4.78, 5) is 4.32. The Hall–Kier alpha value is -0.290. The van der Waals surface area contributed by atoms with Crippen LogP contribution in [0.5, 0.6) is 0 Å². The number of morpholine rings is 2. The number of nitrogens with zero attached hydrogens (tertiary/aromatic N) is 2. The minimum absolute atomic E-state index is 0.235. The summed E-state index contributed by atoms with van der Waals surface area (Å²) in [5.74, 6) is 0. The SMILES string of the molecule is CS(=O)(=O)OCCN1CCOCC1.OCCN1CCOCC1. The molecule has 2 heterocycles. The monoisotopic (exact) mass is 340 g/mol. The predicted octanol–water partition coefficient (Wildman–Crippen LogP) is -1.39. The minimum Gasteiger partial charge on any atom is -0.395 e. The normalized spacial score (nSPS) is 21.2. The number of hydrogen-bond acceptors (Lipinski definition) is 8. The van der Waals surface area contributed by atoms with Crippen molar-refractivity contribution in [3.05, 3.63) is 0 Å². The Morgan fingerprint density at radius 1 is 0.955 bits per heavy atom. The fraction of sp³-hybridized carbons (Fsp3) is 1.00. The van der Waals surface area contributed by atoms with E-state index in [0.717, 1.165) is 65.4 Å². The highest BCUT2D eigenvalue weighted by Crippen LogP contribution is 1.97. The van der Waals surface area contributed by atoms with Crippen LogP contribution in [0.1, 0.15) is 0 Å². The van der Waals surface area contributed by atoms with Gasteiger partial charge < -0.3 is 14.6 Å². The molecule has 9 heteroatoms. The second kappa shape index (κ2) is 11.3. The molecule has 0 amide bonds. The number of aliphatic hydroxyl groups is 1. The molecule has 0 aliphatic carbocycles. The summed E-state index contributed by atoms with van der Waals surface area (Å²) in [6.07, 6.45) is 1.06. The van der Waals surface area contributed by atoms with Crippen LogP contribution in [0, 0.1) is 0 Å². The van der Waals surface area contributed by atoms with Gasteiger partial charge >= 0.3 is 0 Å². The summed E-state index contributed by atoms with van der Waals surface area (Å²) < 4.78 is 36.1. The highest BCUT2D eigenvalue weighted by atomic mass is 32.2. The third-order valence-corrected chi connectivity index (χ3v) is 3.92. The van der Waals surface area contributed by atoms with Crippen molar-refractivity contribution in [2.75, 3.05) is 85.2 Å². The maximum absolute atomic E-state index is 10.6.